The molecule has 0 radical (unpaired) electrons. The highest BCUT2D eigenvalue weighted by molar-refractivity contribution is 5.78. The van der Waals surface area contributed by atoms with Crippen molar-refractivity contribution < 1.29 is 23.8 Å². The molecule has 1 aliphatic heterocycles. The van der Waals surface area contributed by atoms with Crippen LogP contribution < -0.4 is 9.47 Å². The fourth-order valence-electron chi connectivity index (χ4n) is 5.72. The summed E-state index contributed by atoms with van der Waals surface area (Å²) in [5.74, 6) is 2.88. The lowest BCUT2D eigenvalue weighted by Gasteiger charge is -2.38. The molecule has 1 aromatic rings. The van der Waals surface area contributed by atoms with Gasteiger partial charge < -0.3 is 14.2 Å². The largest absolute Gasteiger partial charge is 0.487 e. The molecule has 0 spiro atoms. The normalized spacial score (nSPS) is 17.7. The van der Waals surface area contributed by atoms with E-state index in [-0.39, 0.29) is 12.2 Å². The van der Waals surface area contributed by atoms with E-state index in [0.717, 1.165) is 65.0 Å². The standard InChI is InChI=1S/C33H54O5.C2H6/c1-22(2)13-10-14-23(3)15-11-16-24(4)17-12-19-33(9)20-18-29-27(7)31(25(5)26(6)32(29)38-33)37-30(35)21-36-28(8)34;1-2/h22-24H,10-21H2,1-9H3;1-2H3. The Morgan fingerprint density at radius 1 is 0.850 bits per heavy atom. The van der Waals surface area contributed by atoms with Gasteiger partial charge in [-0.25, -0.2) is 4.79 Å². The van der Waals surface area contributed by atoms with Crippen LogP contribution >= 0.6 is 0 Å². The monoisotopic (exact) mass is 560 g/mol. The van der Waals surface area contributed by atoms with Gasteiger partial charge in [0.2, 0.25) is 0 Å². The molecular weight excluding hydrogens is 500 g/mol. The summed E-state index contributed by atoms with van der Waals surface area (Å²) in [6, 6.07) is 0. The lowest BCUT2D eigenvalue weighted by atomic mass is 9.83. The number of hydrogen-bond acceptors (Lipinski definition) is 5. The average molecular weight is 561 g/mol. The van der Waals surface area contributed by atoms with E-state index in [0.29, 0.717) is 5.75 Å². The summed E-state index contributed by atoms with van der Waals surface area (Å²) in [4.78, 5) is 23.2. The molecule has 3 unspecified atom stereocenters. The second-order valence-corrected chi connectivity index (χ2v) is 12.7. The van der Waals surface area contributed by atoms with Gasteiger partial charge in [-0.2, -0.15) is 0 Å². The number of carbonyl (C=O) groups is 2. The van der Waals surface area contributed by atoms with Crippen LogP contribution in [0.3, 0.4) is 0 Å². The molecule has 0 aliphatic carbocycles. The molecule has 2 rings (SSSR count). The van der Waals surface area contributed by atoms with Gasteiger partial charge in [-0.3, -0.25) is 4.79 Å². The summed E-state index contributed by atoms with van der Waals surface area (Å²) in [7, 11) is 0. The van der Waals surface area contributed by atoms with E-state index in [1.165, 1.54) is 58.3 Å². The van der Waals surface area contributed by atoms with Gasteiger partial charge in [0.15, 0.2) is 6.61 Å². The van der Waals surface area contributed by atoms with Crippen LogP contribution in [0.15, 0.2) is 0 Å². The van der Waals surface area contributed by atoms with Crippen molar-refractivity contribution in [3.63, 3.8) is 0 Å². The van der Waals surface area contributed by atoms with E-state index in [1.54, 1.807) is 0 Å². The zero-order valence-electron chi connectivity index (χ0n) is 27.8. The quantitative estimate of drug-likeness (QED) is 0.158. The molecule has 230 valence electrons. The summed E-state index contributed by atoms with van der Waals surface area (Å²) in [5.41, 5.74) is 3.80. The first-order chi connectivity index (χ1) is 18.8. The highest BCUT2D eigenvalue weighted by Gasteiger charge is 2.34. The minimum absolute atomic E-state index is 0.172. The lowest BCUT2D eigenvalue weighted by Crippen LogP contribution is -2.37. The second-order valence-electron chi connectivity index (χ2n) is 12.7. The first-order valence-electron chi connectivity index (χ1n) is 16.0. The molecule has 3 atom stereocenters. The molecular formula is C35H60O5. The van der Waals surface area contributed by atoms with E-state index in [2.05, 4.69) is 34.6 Å². The maximum atomic E-state index is 12.2. The van der Waals surface area contributed by atoms with Gasteiger partial charge in [0.25, 0.3) is 0 Å². The SMILES string of the molecule is CC.CC(=O)OCC(=O)Oc1c(C)c(C)c2c(c1C)CCC(C)(CCCC(C)CCCC(C)CCCC(C)C)O2. The van der Waals surface area contributed by atoms with Crippen molar-refractivity contribution in [3.05, 3.63) is 22.3 Å². The van der Waals surface area contributed by atoms with Crippen LogP contribution in [0.4, 0.5) is 0 Å². The van der Waals surface area contributed by atoms with E-state index in [9.17, 15) is 9.59 Å². The van der Waals surface area contributed by atoms with Crippen LogP contribution in [0.5, 0.6) is 11.5 Å². The van der Waals surface area contributed by atoms with Crippen molar-refractivity contribution in [3.8, 4) is 11.5 Å². The Labute approximate surface area is 246 Å². The minimum atomic E-state index is -0.568. The molecule has 5 heteroatoms. The predicted molar refractivity (Wildman–Crippen MR) is 166 cm³/mol. The Kier molecular flexibility index (Phi) is 15.9. The van der Waals surface area contributed by atoms with Crippen LogP contribution in [0, 0.1) is 38.5 Å². The molecule has 40 heavy (non-hydrogen) atoms. The number of carbonyl (C=O) groups excluding carboxylic acids is 2. The number of esters is 2. The molecule has 0 saturated heterocycles. The third-order valence-corrected chi connectivity index (χ3v) is 8.45. The Hall–Kier alpha value is -2.04. The van der Waals surface area contributed by atoms with Crippen LogP contribution in [0.1, 0.15) is 142 Å². The second kappa shape index (κ2) is 17.7. The van der Waals surface area contributed by atoms with E-state index in [4.69, 9.17) is 14.2 Å². The Morgan fingerprint density at radius 2 is 1.40 bits per heavy atom. The zero-order valence-corrected chi connectivity index (χ0v) is 27.8. The van der Waals surface area contributed by atoms with Gasteiger partial charge >= 0.3 is 11.9 Å². The molecule has 1 aromatic carbocycles. The van der Waals surface area contributed by atoms with Gasteiger partial charge in [-0.05, 0) is 87.8 Å². The first-order valence-corrected chi connectivity index (χ1v) is 16.0. The smallest absolute Gasteiger partial charge is 0.349 e. The van der Waals surface area contributed by atoms with Gasteiger partial charge in [0, 0.05) is 12.5 Å². The fraction of sp³-hybridized carbons (Fsp3) is 0.771. The molecule has 0 fully saturated rings. The number of benzene rings is 1. The molecule has 1 heterocycles. The highest BCUT2D eigenvalue weighted by atomic mass is 16.6. The number of ether oxygens (including phenoxy) is 3. The third-order valence-electron chi connectivity index (χ3n) is 8.45. The van der Waals surface area contributed by atoms with Crippen molar-refractivity contribution in [1.82, 2.24) is 0 Å². The molecule has 5 nitrogen and oxygen atoms in total. The minimum Gasteiger partial charge on any atom is -0.487 e. The Balaban J connectivity index is 0.00000391. The van der Waals surface area contributed by atoms with E-state index in [1.807, 2.05) is 34.6 Å². The van der Waals surface area contributed by atoms with Crippen LogP contribution in [-0.2, 0) is 20.7 Å². The van der Waals surface area contributed by atoms with Crippen molar-refractivity contribution in [2.24, 2.45) is 17.8 Å². The summed E-state index contributed by atoms with van der Waals surface area (Å²) >= 11 is 0. The van der Waals surface area contributed by atoms with E-state index < -0.39 is 11.9 Å². The number of rotatable bonds is 15. The highest BCUT2D eigenvalue weighted by Crippen LogP contribution is 2.45. The molecule has 0 amide bonds. The topological polar surface area (TPSA) is 61.8 Å². The van der Waals surface area contributed by atoms with Crippen molar-refractivity contribution in [2.75, 3.05) is 6.61 Å². The summed E-state index contributed by atoms with van der Waals surface area (Å²) in [6.07, 6.45) is 13.5. The predicted octanol–water partition coefficient (Wildman–Crippen LogP) is 9.63. The van der Waals surface area contributed by atoms with Crippen LogP contribution in [-0.4, -0.2) is 24.1 Å². The molecule has 0 bridgehead atoms. The average Bonchev–Trinajstić information content (AvgIpc) is 2.89. The molecule has 0 aromatic heterocycles. The lowest BCUT2D eigenvalue weighted by molar-refractivity contribution is -0.152. The Morgan fingerprint density at radius 3 is 1.95 bits per heavy atom. The molecule has 0 saturated carbocycles. The van der Waals surface area contributed by atoms with Crippen molar-refractivity contribution in [1.29, 1.82) is 0 Å². The van der Waals surface area contributed by atoms with Gasteiger partial charge in [-0.1, -0.05) is 86.5 Å². The fourth-order valence-corrected chi connectivity index (χ4v) is 5.72. The van der Waals surface area contributed by atoms with Gasteiger partial charge in [0.05, 0.1) is 0 Å². The van der Waals surface area contributed by atoms with E-state index >= 15 is 0 Å². The molecule has 1 aliphatic rings. The van der Waals surface area contributed by atoms with Crippen molar-refractivity contribution in [2.45, 2.75) is 152 Å². The maximum absolute atomic E-state index is 12.2. The van der Waals surface area contributed by atoms with Gasteiger partial charge in [0.1, 0.15) is 17.1 Å². The summed E-state index contributed by atoms with van der Waals surface area (Å²) in [6.45, 7) is 22.6. The van der Waals surface area contributed by atoms with Crippen LogP contribution in [0.2, 0.25) is 0 Å². The van der Waals surface area contributed by atoms with Crippen LogP contribution in [0.25, 0.3) is 0 Å². The Bertz CT molecular complexity index is 934. The number of hydrogen-bond donors (Lipinski definition) is 0. The maximum Gasteiger partial charge on any atom is 0.349 e. The summed E-state index contributed by atoms with van der Waals surface area (Å²) in [5, 5.41) is 0. The van der Waals surface area contributed by atoms with Gasteiger partial charge in [-0.15, -0.1) is 0 Å². The van der Waals surface area contributed by atoms with Crippen molar-refractivity contribution >= 4 is 11.9 Å². The third kappa shape index (κ3) is 11.8. The summed E-state index contributed by atoms with van der Waals surface area (Å²) < 4.78 is 17.1. The number of fused-ring (bicyclic) bond motifs is 1. The molecule has 0 N–H and O–H groups in total. The zero-order chi connectivity index (χ0) is 30.5. The first kappa shape index (κ1) is 36.0.